The van der Waals surface area contributed by atoms with Crippen LogP contribution in [0.4, 0.5) is 0 Å². The second-order valence-electron chi connectivity index (χ2n) is 6.79. The first-order chi connectivity index (χ1) is 12.0. The molecule has 2 aliphatic heterocycles. The maximum absolute atomic E-state index is 12.5. The summed E-state index contributed by atoms with van der Waals surface area (Å²) in [6.07, 6.45) is -0.256. The van der Waals surface area contributed by atoms with Crippen molar-refractivity contribution in [3.63, 3.8) is 0 Å². The molecule has 0 bridgehead atoms. The highest BCUT2D eigenvalue weighted by Crippen LogP contribution is 2.41. The van der Waals surface area contributed by atoms with Crippen LogP contribution in [0.1, 0.15) is 20.3 Å². The molecule has 0 spiro atoms. The molecule has 25 heavy (non-hydrogen) atoms. The van der Waals surface area contributed by atoms with Gasteiger partial charge in [-0.3, -0.25) is 4.79 Å². The third kappa shape index (κ3) is 2.86. The molecule has 8 nitrogen and oxygen atoms in total. The van der Waals surface area contributed by atoms with Crippen molar-refractivity contribution in [1.29, 1.82) is 0 Å². The number of hydrogen-bond donors (Lipinski definition) is 0. The van der Waals surface area contributed by atoms with Gasteiger partial charge in [0.1, 0.15) is 24.0 Å². The van der Waals surface area contributed by atoms with Gasteiger partial charge in [0.15, 0.2) is 12.1 Å². The van der Waals surface area contributed by atoms with Crippen LogP contribution in [0.3, 0.4) is 0 Å². The Labute approximate surface area is 143 Å². The Morgan fingerprint density at radius 1 is 1.28 bits per heavy atom. The van der Waals surface area contributed by atoms with Gasteiger partial charge in [-0.1, -0.05) is 17.3 Å². The maximum atomic E-state index is 12.5. The van der Waals surface area contributed by atoms with E-state index in [9.17, 15) is 9.59 Å². The Hall–Kier alpha value is -2.16. The van der Waals surface area contributed by atoms with Gasteiger partial charge in [-0.15, -0.1) is 5.10 Å². The number of aromatic nitrogens is 3. The maximum Gasteiger partial charge on any atom is 0.277 e. The van der Waals surface area contributed by atoms with Gasteiger partial charge in [0, 0.05) is 12.5 Å². The fourth-order valence-electron chi connectivity index (χ4n) is 3.50. The van der Waals surface area contributed by atoms with Crippen LogP contribution in [-0.2, 0) is 25.5 Å². The molecule has 132 valence electrons. The van der Waals surface area contributed by atoms with Gasteiger partial charge >= 0.3 is 0 Å². The summed E-state index contributed by atoms with van der Waals surface area (Å²) in [7, 11) is 0. The highest BCUT2D eigenvalue weighted by Gasteiger charge is 2.54. The summed E-state index contributed by atoms with van der Waals surface area (Å²) in [5, 5.41) is 8.58. The zero-order valence-corrected chi connectivity index (χ0v) is 14.0. The highest BCUT2D eigenvalue weighted by atomic mass is 16.8. The van der Waals surface area contributed by atoms with E-state index in [1.165, 1.54) is 4.68 Å². The van der Waals surface area contributed by atoms with Crippen molar-refractivity contribution >= 4 is 17.2 Å². The topological polar surface area (TPSA) is 92.5 Å². The molecule has 0 aliphatic carbocycles. The van der Waals surface area contributed by atoms with Gasteiger partial charge < -0.3 is 19.0 Å². The van der Waals surface area contributed by atoms with E-state index in [4.69, 9.17) is 14.2 Å². The van der Waals surface area contributed by atoms with Crippen molar-refractivity contribution < 1.29 is 19.0 Å². The Balaban J connectivity index is 1.55. The summed E-state index contributed by atoms with van der Waals surface area (Å²) in [4.78, 5) is 23.8. The molecular formula is C17H19N3O5. The van der Waals surface area contributed by atoms with Crippen molar-refractivity contribution in [2.75, 3.05) is 0 Å². The van der Waals surface area contributed by atoms with E-state index in [0.717, 1.165) is 6.29 Å². The zero-order valence-electron chi connectivity index (χ0n) is 14.0. The highest BCUT2D eigenvalue weighted by molar-refractivity contribution is 5.76. The molecule has 8 heteroatoms. The number of rotatable bonds is 4. The summed E-state index contributed by atoms with van der Waals surface area (Å²) in [6, 6.07) is 7.07. The second kappa shape index (κ2) is 5.98. The first kappa shape index (κ1) is 16.3. The summed E-state index contributed by atoms with van der Waals surface area (Å²) in [6.45, 7) is 3.93. The molecule has 0 unspecified atom stereocenters. The summed E-state index contributed by atoms with van der Waals surface area (Å²) in [5.41, 5.74) is 0.362. The van der Waals surface area contributed by atoms with Crippen molar-refractivity contribution in [1.82, 2.24) is 15.0 Å². The van der Waals surface area contributed by atoms with E-state index < -0.39 is 18.2 Å². The van der Waals surface area contributed by atoms with Gasteiger partial charge in [0.05, 0.1) is 5.39 Å². The lowest BCUT2D eigenvalue weighted by atomic mass is 9.95. The third-order valence-electron chi connectivity index (χ3n) is 4.66. The Kier molecular flexibility index (Phi) is 3.90. The number of hydrogen-bond acceptors (Lipinski definition) is 7. The lowest BCUT2D eigenvalue weighted by molar-refractivity contribution is -0.208. The van der Waals surface area contributed by atoms with Crippen molar-refractivity contribution in [3.05, 3.63) is 34.6 Å². The Morgan fingerprint density at radius 3 is 2.88 bits per heavy atom. The molecule has 3 heterocycles. The average Bonchev–Trinajstić information content (AvgIpc) is 3.06. The number of carbonyl (C=O) groups is 1. The number of nitrogens with zero attached hydrogens (tertiary/aromatic N) is 3. The van der Waals surface area contributed by atoms with Gasteiger partial charge in [-0.2, -0.15) is 0 Å². The van der Waals surface area contributed by atoms with Crippen molar-refractivity contribution in [3.8, 4) is 0 Å². The first-order valence-electron chi connectivity index (χ1n) is 8.27. The van der Waals surface area contributed by atoms with Crippen LogP contribution >= 0.6 is 0 Å². The largest absolute Gasteiger partial charge is 0.341 e. The lowest BCUT2D eigenvalue weighted by Crippen LogP contribution is -2.33. The fourth-order valence-corrected chi connectivity index (χ4v) is 3.50. The van der Waals surface area contributed by atoms with E-state index in [-0.39, 0.29) is 17.6 Å². The van der Waals surface area contributed by atoms with E-state index in [2.05, 4.69) is 10.3 Å². The SMILES string of the molecule is CC1(C)O[C@@H]2O[C@@H](C=O)[C@H](CCn3nnc4ccccc4c3=O)[C@@H]2O1. The van der Waals surface area contributed by atoms with Gasteiger partial charge in [0.2, 0.25) is 0 Å². The van der Waals surface area contributed by atoms with Gasteiger partial charge in [-0.25, -0.2) is 4.68 Å². The van der Waals surface area contributed by atoms with E-state index in [1.54, 1.807) is 32.0 Å². The molecule has 2 saturated heterocycles. The number of ether oxygens (including phenoxy) is 3. The number of fused-ring (bicyclic) bond motifs is 2. The second-order valence-corrected chi connectivity index (χ2v) is 6.79. The molecular weight excluding hydrogens is 326 g/mol. The van der Waals surface area contributed by atoms with Crippen LogP contribution in [0.25, 0.3) is 10.9 Å². The van der Waals surface area contributed by atoms with Crippen LogP contribution in [0, 0.1) is 5.92 Å². The lowest BCUT2D eigenvalue weighted by Gasteiger charge is -2.23. The molecule has 2 fully saturated rings. The van der Waals surface area contributed by atoms with Crippen molar-refractivity contribution in [2.45, 2.75) is 51.1 Å². The number of benzene rings is 1. The molecule has 0 radical (unpaired) electrons. The number of aldehydes is 1. The Bertz CT molecular complexity index is 865. The monoisotopic (exact) mass is 345 g/mol. The molecule has 2 aromatic rings. The van der Waals surface area contributed by atoms with E-state index >= 15 is 0 Å². The Morgan fingerprint density at radius 2 is 2.08 bits per heavy atom. The molecule has 0 N–H and O–H groups in total. The fraction of sp³-hybridized carbons (Fsp3) is 0.529. The predicted octanol–water partition coefficient (Wildman–Crippen LogP) is 0.873. The minimum Gasteiger partial charge on any atom is -0.341 e. The van der Waals surface area contributed by atoms with Crippen LogP contribution in [0.15, 0.2) is 29.1 Å². The molecule has 1 aromatic heterocycles. The number of aryl methyl sites for hydroxylation is 1. The van der Waals surface area contributed by atoms with Gasteiger partial charge in [-0.05, 0) is 32.4 Å². The number of carbonyl (C=O) groups excluding carboxylic acids is 1. The first-order valence-corrected chi connectivity index (χ1v) is 8.27. The predicted molar refractivity (Wildman–Crippen MR) is 86.7 cm³/mol. The van der Waals surface area contributed by atoms with E-state index in [1.807, 2.05) is 6.07 Å². The standard InChI is InChI=1S/C17H19N3O5/c1-17(2)24-14-11(13(9-21)23-16(14)25-17)7-8-20-15(22)10-5-3-4-6-12(10)18-19-20/h3-6,9,11,13-14,16H,7-8H2,1-2H3/t11-,13-,14-,16-/m0/s1. The molecule has 0 amide bonds. The minimum atomic E-state index is -0.749. The zero-order chi connectivity index (χ0) is 17.6. The third-order valence-corrected chi connectivity index (χ3v) is 4.66. The van der Waals surface area contributed by atoms with Crippen LogP contribution in [-0.4, -0.2) is 45.6 Å². The smallest absolute Gasteiger partial charge is 0.277 e. The summed E-state index contributed by atoms with van der Waals surface area (Å²) < 4.78 is 18.5. The summed E-state index contributed by atoms with van der Waals surface area (Å²) in [5.74, 6) is -0.953. The van der Waals surface area contributed by atoms with Crippen LogP contribution in [0.2, 0.25) is 0 Å². The summed E-state index contributed by atoms with van der Waals surface area (Å²) >= 11 is 0. The van der Waals surface area contributed by atoms with Gasteiger partial charge in [0.25, 0.3) is 5.56 Å². The molecule has 4 rings (SSSR count). The molecule has 1 aromatic carbocycles. The molecule has 0 saturated carbocycles. The normalized spacial score (nSPS) is 30.5. The quantitative estimate of drug-likeness (QED) is 0.759. The minimum absolute atomic E-state index is 0.201. The molecule has 4 atom stereocenters. The average molecular weight is 345 g/mol. The molecule has 2 aliphatic rings. The van der Waals surface area contributed by atoms with Crippen LogP contribution < -0.4 is 5.56 Å². The van der Waals surface area contributed by atoms with E-state index in [0.29, 0.717) is 23.9 Å². The van der Waals surface area contributed by atoms with Crippen molar-refractivity contribution in [2.24, 2.45) is 5.92 Å². The van der Waals surface area contributed by atoms with Crippen LogP contribution in [0.5, 0.6) is 0 Å².